The topological polar surface area (TPSA) is 77.5 Å². The molecule has 0 bridgehead atoms. The number of nitrogens with zero attached hydrogens (tertiary/aromatic N) is 1. The first kappa shape index (κ1) is 21.0. The molecule has 1 amide bonds. The maximum atomic E-state index is 13.4. The third-order valence-corrected chi connectivity index (χ3v) is 5.18. The summed E-state index contributed by atoms with van der Waals surface area (Å²) in [5.74, 6) is 1.75. The summed E-state index contributed by atoms with van der Waals surface area (Å²) in [5, 5.41) is 9.90. The zero-order valence-electron chi connectivity index (χ0n) is 17.2. The van der Waals surface area contributed by atoms with Crippen LogP contribution in [-0.2, 0) is 4.74 Å². The van der Waals surface area contributed by atoms with Crippen LogP contribution in [0.4, 0.5) is 0 Å². The second-order valence-corrected chi connectivity index (χ2v) is 6.83. The van der Waals surface area contributed by atoms with Gasteiger partial charge in [-0.05, 0) is 48.4 Å². The van der Waals surface area contributed by atoms with Gasteiger partial charge in [0.1, 0.15) is 11.9 Å². The van der Waals surface area contributed by atoms with Gasteiger partial charge < -0.3 is 29.0 Å². The fourth-order valence-electron chi connectivity index (χ4n) is 3.72. The summed E-state index contributed by atoms with van der Waals surface area (Å²) >= 11 is 0. The van der Waals surface area contributed by atoms with Crippen LogP contribution in [0.15, 0.2) is 36.4 Å². The van der Waals surface area contributed by atoms with Crippen molar-refractivity contribution in [3.05, 3.63) is 53.1 Å². The number of benzene rings is 2. The molecule has 1 fully saturated rings. The molecule has 1 saturated heterocycles. The molecule has 2 aromatic rings. The molecule has 0 aliphatic carbocycles. The smallest absolute Gasteiger partial charge is 0.254 e. The number of aliphatic hydroxyl groups is 1. The Hall–Kier alpha value is -2.77. The van der Waals surface area contributed by atoms with Crippen molar-refractivity contribution in [3.8, 4) is 17.2 Å². The Morgan fingerprint density at radius 1 is 1.07 bits per heavy atom. The molecule has 1 aliphatic rings. The monoisotopic (exact) mass is 401 g/mol. The lowest BCUT2D eigenvalue weighted by Crippen LogP contribution is -2.49. The summed E-state index contributed by atoms with van der Waals surface area (Å²) in [6, 6.07) is 10.4. The van der Waals surface area contributed by atoms with Gasteiger partial charge in [-0.15, -0.1) is 0 Å². The zero-order chi connectivity index (χ0) is 21.0. The van der Waals surface area contributed by atoms with E-state index in [1.807, 2.05) is 25.1 Å². The van der Waals surface area contributed by atoms with Crippen LogP contribution < -0.4 is 14.2 Å². The predicted octanol–water partition coefficient (Wildman–Crippen LogP) is 2.60. The maximum Gasteiger partial charge on any atom is 0.254 e. The Morgan fingerprint density at radius 3 is 2.38 bits per heavy atom. The van der Waals surface area contributed by atoms with E-state index in [9.17, 15) is 9.90 Å². The van der Waals surface area contributed by atoms with Gasteiger partial charge in [0.2, 0.25) is 0 Å². The van der Waals surface area contributed by atoms with E-state index < -0.39 is 12.1 Å². The van der Waals surface area contributed by atoms with Gasteiger partial charge in [0, 0.05) is 12.1 Å². The number of rotatable bonds is 6. The third-order valence-electron chi connectivity index (χ3n) is 5.18. The van der Waals surface area contributed by atoms with Crippen molar-refractivity contribution < 1.29 is 28.8 Å². The molecule has 0 aromatic heterocycles. The molecule has 0 unspecified atom stereocenters. The standard InChI is InChI=1S/C22H27NO6/c1-14-11-16(6-7-17(14)26-2)22(25)23-9-10-29-20(13-24)21(23)15-5-8-18(27-3)19(12-15)28-4/h5-8,11-12,20-21,24H,9-10,13H2,1-4H3/t20-,21-/m1/s1. The van der Waals surface area contributed by atoms with E-state index in [1.54, 1.807) is 44.4 Å². The highest BCUT2D eigenvalue weighted by atomic mass is 16.5. The summed E-state index contributed by atoms with van der Waals surface area (Å²) in [5.41, 5.74) is 2.25. The summed E-state index contributed by atoms with van der Waals surface area (Å²) in [6.45, 7) is 2.47. The first-order valence-electron chi connectivity index (χ1n) is 9.44. The van der Waals surface area contributed by atoms with Gasteiger partial charge in [0.25, 0.3) is 5.91 Å². The average molecular weight is 401 g/mol. The Bertz CT molecular complexity index is 868. The van der Waals surface area contributed by atoms with Crippen molar-refractivity contribution in [1.29, 1.82) is 0 Å². The highest BCUT2D eigenvalue weighted by Gasteiger charge is 2.37. The third kappa shape index (κ3) is 4.16. The van der Waals surface area contributed by atoms with E-state index in [0.717, 1.165) is 16.9 Å². The van der Waals surface area contributed by atoms with Gasteiger partial charge >= 0.3 is 0 Å². The highest BCUT2D eigenvalue weighted by molar-refractivity contribution is 5.95. The minimum atomic E-state index is -0.537. The number of amides is 1. The molecule has 29 heavy (non-hydrogen) atoms. The summed E-state index contributed by atoms with van der Waals surface area (Å²) in [7, 11) is 4.73. The van der Waals surface area contributed by atoms with Crippen LogP contribution in [0, 0.1) is 6.92 Å². The van der Waals surface area contributed by atoms with Gasteiger partial charge in [-0.25, -0.2) is 0 Å². The first-order chi connectivity index (χ1) is 14.0. The lowest BCUT2D eigenvalue weighted by Gasteiger charge is -2.41. The molecule has 156 valence electrons. The Morgan fingerprint density at radius 2 is 1.76 bits per heavy atom. The van der Waals surface area contributed by atoms with Gasteiger partial charge in [-0.3, -0.25) is 4.79 Å². The molecule has 1 N–H and O–H groups in total. The molecule has 7 nitrogen and oxygen atoms in total. The van der Waals surface area contributed by atoms with Crippen molar-refractivity contribution >= 4 is 5.91 Å². The van der Waals surface area contributed by atoms with E-state index in [-0.39, 0.29) is 12.5 Å². The quantitative estimate of drug-likeness (QED) is 0.802. The van der Waals surface area contributed by atoms with E-state index in [0.29, 0.717) is 30.2 Å². The largest absolute Gasteiger partial charge is 0.496 e. The summed E-state index contributed by atoms with van der Waals surface area (Å²) in [6.07, 6.45) is -0.537. The van der Waals surface area contributed by atoms with Gasteiger partial charge in [0.05, 0.1) is 40.6 Å². The van der Waals surface area contributed by atoms with Gasteiger partial charge in [0.15, 0.2) is 11.5 Å². The molecule has 7 heteroatoms. The number of carbonyl (C=O) groups is 1. The Balaban J connectivity index is 1.99. The normalized spacial score (nSPS) is 19.0. The van der Waals surface area contributed by atoms with Gasteiger partial charge in [-0.2, -0.15) is 0 Å². The number of aliphatic hydroxyl groups excluding tert-OH is 1. The minimum Gasteiger partial charge on any atom is -0.496 e. The maximum absolute atomic E-state index is 13.4. The van der Waals surface area contributed by atoms with Crippen LogP contribution in [0.1, 0.15) is 27.5 Å². The number of ether oxygens (including phenoxy) is 4. The molecule has 2 atom stereocenters. The van der Waals surface area contributed by atoms with Crippen LogP contribution in [0.25, 0.3) is 0 Å². The summed E-state index contributed by atoms with van der Waals surface area (Å²) in [4.78, 5) is 15.1. The summed E-state index contributed by atoms with van der Waals surface area (Å²) < 4.78 is 21.8. The first-order valence-corrected chi connectivity index (χ1v) is 9.44. The molecule has 3 rings (SSSR count). The zero-order valence-corrected chi connectivity index (χ0v) is 17.2. The van der Waals surface area contributed by atoms with Crippen molar-refractivity contribution in [1.82, 2.24) is 4.90 Å². The van der Waals surface area contributed by atoms with Crippen LogP contribution in [0.2, 0.25) is 0 Å². The molecule has 1 aliphatic heterocycles. The molecular weight excluding hydrogens is 374 g/mol. The van der Waals surface area contributed by atoms with Crippen molar-refractivity contribution in [2.75, 3.05) is 41.1 Å². The van der Waals surface area contributed by atoms with Crippen molar-refractivity contribution in [2.45, 2.75) is 19.1 Å². The predicted molar refractivity (Wildman–Crippen MR) is 108 cm³/mol. The Kier molecular flexibility index (Phi) is 6.61. The van der Waals surface area contributed by atoms with E-state index in [2.05, 4.69) is 0 Å². The fourth-order valence-corrected chi connectivity index (χ4v) is 3.72. The second kappa shape index (κ2) is 9.15. The van der Waals surface area contributed by atoms with Crippen LogP contribution in [0.3, 0.4) is 0 Å². The average Bonchev–Trinajstić information content (AvgIpc) is 2.77. The molecular formula is C22H27NO6. The molecule has 2 aromatic carbocycles. The second-order valence-electron chi connectivity index (χ2n) is 6.83. The molecule has 0 saturated carbocycles. The van der Waals surface area contributed by atoms with Crippen LogP contribution in [0.5, 0.6) is 17.2 Å². The van der Waals surface area contributed by atoms with Gasteiger partial charge in [-0.1, -0.05) is 6.07 Å². The SMILES string of the molecule is COc1ccc(C(=O)N2CCO[C@H](CO)[C@H]2c2ccc(OC)c(OC)c2)cc1C. The number of hydrogen-bond acceptors (Lipinski definition) is 6. The van der Waals surface area contributed by atoms with E-state index in [4.69, 9.17) is 18.9 Å². The lowest BCUT2D eigenvalue weighted by molar-refractivity contribution is -0.0811. The minimum absolute atomic E-state index is 0.128. The highest BCUT2D eigenvalue weighted by Crippen LogP contribution is 2.36. The molecule has 0 spiro atoms. The van der Waals surface area contributed by atoms with E-state index in [1.165, 1.54) is 0 Å². The number of carbonyl (C=O) groups excluding carboxylic acids is 1. The number of hydrogen-bond donors (Lipinski definition) is 1. The number of methoxy groups -OCH3 is 3. The number of aryl methyl sites for hydroxylation is 1. The number of morpholine rings is 1. The van der Waals surface area contributed by atoms with E-state index >= 15 is 0 Å². The van der Waals surface area contributed by atoms with Crippen LogP contribution >= 0.6 is 0 Å². The van der Waals surface area contributed by atoms with Crippen molar-refractivity contribution in [3.63, 3.8) is 0 Å². The molecule has 0 radical (unpaired) electrons. The Labute approximate surface area is 170 Å². The molecule has 1 heterocycles. The van der Waals surface area contributed by atoms with Crippen molar-refractivity contribution in [2.24, 2.45) is 0 Å². The fraction of sp³-hybridized carbons (Fsp3) is 0.409. The lowest BCUT2D eigenvalue weighted by atomic mass is 9.96. The van der Waals surface area contributed by atoms with Crippen LogP contribution in [-0.4, -0.2) is 63.1 Å².